The number of halogens is 1. The molecule has 0 aliphatic heterocycles. The molecule has 4 saturated carbocycles. The number of alkyl halides is 1. The van der Waals surface area contributed by atoms with Gasteiger partial charge < -0.3 is 16.4 Å². The molecular formula is C29H38FNaO6. The number of ether oxygens (including phenoxy) is 1. The molecule has 0 bridgehead atoms. The van der Waals surface area contributed by atoms with Gasteiger partial charge in [-0.3, -0.25) is 9.59 Å². The zero-order valence-electron chi connectivity index (χ0n) is 23.3. The van der Waals surface area contributed by atoms with Crippen molar-refractivity contribution in [3.8, 4) is 0 Å². The van der Waals surface area contributed by atoms with E-state index in [1.54, 1.807) is 30.3 Å². The Bertz CT molecular complexity index is 1090. The molecule has 4 fully saturated rings. The summed E-state index contributed by atoms with van der Waals surface area (Å²) in [5.41, 5.74) is -5.17. The van der Waals surface area contributed by atoms with Crippen molar-refractivity contribution in [2.75, 3.05) is 6.61 Å². The van der Waals surface area contributed by atoms with Gasteiger partial charge in [-0.15, -0.1) is 0 Å². The molecule has 0 radical (unpaired) electrons. The number of Topliss-reactive ketones (excluding diaryl/α,β-unsaturated/α-hetero) is 2. The van der Waals surface area contributed by atoms with E-state index in [1.165, 1.54) is 0 Å². The second-order valence-corrected chi connectivity index (χ2v) is 12.3. The summed E-state index contributed by atoms with van der Waals surface area (Å²) in [6.07, 6.45) is 1.28. The summed E-state index contributed by atoms with van der Waals surface area (Å²) in [7, 11) is 0. The Kier molecular flexibility index (Phi) is 7.66. The van der Waals surface area contributed by atoms with E-state index in [2.05, 4.69) is 0 Å². The fraction of sp³-hybridized carbons (Fsp3) is 0.690. The monoisotopic (exact) mass is 524 g/mol. The molecule has 6 nitrogen and oxygen atoms in total. The number of ketones is 2. The van der Waals surface area contributed by atoms with Crippen LogP contribution in [-0.4, -0.2) is 51.7 Å². The van der Waals surface area contributed by atoms with Crippen LogP contribution in [0.3, 0.4) is 0 Å². The van der Waals surface area contributed by atoms with Gasteiger partial charge in [-0.1, -0.05) is 39.0 Å². The average molecular weight is 525 g/mol. The smallest absolute Gasteiger partial charge is 1.00 e. The third-order valence-electron chi connectivity index (χ3n) is 10.9. The van der Waals surface area contributed by atoms with Gasteiger partial charge in [0.25, 0.3) is 0 Å². The molecule has 1 aromatic rings. The maximum atomic E-state index is 17.5. The second-order valence-electron chi connectivity index (χ2n) is 12.3. The van der Waals surface area contributed by atoms with E-state index in [4.69, 9.17) is 4.74 Å². The average Bonchev–Trinajstić information content (AvgIpc) is 3.07. The fourth-order valence-electron chi connectivity index (χ4n) is 9.14. The van der Waals surface area contributed by atoms with Crippen LogP contribution in [0.1, 0.15) is 77.5 Å². The van der Waals surface area contributed by atoms with Crippen molar-refractivity contribution in [2.45, 2.75) is 83.1 Å². The Balaban J connectivity index is 0.00000200. The number of esters is 1. The SMILES string of the molecule is CC1C[C@H]2[C@@H]3CCC4CC(=O)CC[C@]4(C)[C@@]3(F)C(O)C[C@]2(C)[C@@]1(OC(=O)c1ccccc1)C(=O)CO.[H-].[Na+]. The number of fused-ring (bicyclic) bond motifs is 5. The summed E-state index contributed by atoms with van der Waals surface area (Å²) < 4.78 is 23.6. The molecule has 0 saturated heterocycles. The van der Waals surface area contributed by atoms with Crippen molar-refractivity contribution in [2.24, 2.45) is 34.5 Å². The van der Waals surface area contributed by atoms with Crippen LogP contribution in [0.2, 0.25) is 0 Å². The topological polar surface area (TPSA) is 101 Å². The van der Waals surface area contributed by atoms with Crippen LogP contribution < -0.4 is 29.6 Å². The molecule has 0 amide bonds. The number of hydrogen-bond acceptors (Lipinski definition) is 6. The number of aliphatic hydroxyl groups excluding tert-OH is 2. The summed E-state index contributed by atoms with van der Waals surface area (Å²) in [6.45, 7) is 4.74. The fourth-order valence-corrected chi connectivity index (χ4v) is 9.14. The number of carbonyl (C=O) groups is 3. The first-order chi connectivity index (χ1) is 17.0. The van der Waals surface area contributed by atoms with Crippen LogP contribution in [-0.2, 0) is 14.3 Å². The largest absolute Gasteiger partial charge is 1.00 e. The van der Waals surface area contributed by atoms with Gasteiger partial charge in [-0.25, -0.2) is 9.18 Å². The molecule has 2 N–H and O–H groups in total. The molecule has 0 aromatic heterocycles. The molecule has 9 atom stereocenters. The van der Waals surface area contributed by atoms with Crippen LogP contribution in [0.15, 0.2) is 30.3 Å². The molecule has 37 heavy (non-hydrogen) atoms. The van der Waals surface area contributed by atoms with Gasteiger partial charge in [0, 0.05) is 29.6 Å². The first kappa shape index (κ1) is 28.9. The van der Waals surface area contributed by atoms with Gasteiger partial charge >= 0.3 is 35.5 Å². The van der Waals surface area contributed by atoms with Crippen LogP contribution in [0.25, 0.3) is 0 Å². The molecule has 0 spiro atoms. The molecule has 198 valence electrons. The van der Waals surface area contributed by atoms with Gasteiger partial charge in [0.2, 0.25) is 5.78 Å². The summed E-state index contributed by atoms with van der Waals surface area (Å²) in [5, 5.41) is 21.6. The molecule has 3 unspecified atom stereocenters. The molecular weight excluding hydrogens is 486 g/mol. The third kappa shape index (κ3) is 3.78. The number of rotatable bonds is 4. The molecule has 1 aromatic carbocycles. The predicted octanol–water partition coefficient (Wildman–Crippen LogP) is 1.18. The van der Waals surface area contributed by atoms with E-state index in [-0.39, 0.29) is 60.6 Å². The predicted molar refractivity (Wildman–Crippen MR) is 131 cm³/mol. The minimum absolute atomic E-state index is 0. The standard InChI is InChI=1S/C29H37FO6.Na.H/c1-17-13-22-21-10-9-19-14-20(32)11-12-26(19,2)28(21,30)23(33)15-27(22,3)29(17,24(34)16-31)36-25(35)18-7-5-4-6-8-18;;/h4-8,17,19,21-23,31,33H,9-16H2,1-3H3;;/q;+1;-1/t17?,19?,21-,22-,23?,26-,27-,28-,29-;;/m0../s1. The Morgan fingerprint density at radius 1 is 1.14 bits per heavy atom. The number of hydrogen-bond donors (Lipinski definition) is 2. The first-order valence-corrected chi connectivity index (χ1v) is 13.3. The molecule has 8 heteroatoms. The van der Waals surface area contributed by atoms with E-state index < -0.39 is 58.4 Å². The van der Waals surface area contributed by atoms with Crippen LogP contribution >= 0.6 is 0 Å². The van der Waals surface area contributed by atoms with Crippen LogP contribution in [0, 0.1) is 34.5 Å². The summed E-state index contributed by atoms with van der Waals surface area (Å²) >= 11 is 0. The van der Waals surface area contributed by atoms with Gasteiger partial charge in [-0.2, -0.15) is 0 Å². The maximum Gasteiger partial charge on any atom is 1.00 e. The minimum atomic E-state index is -1.90. The van der Waals surface area contributed by atoms with E-state index in [0.29, 0.717) is 38.5 Å². The zero-order valence-corrected chi connectivity index (χ0v) is 24.3. The minimum Gasteiger partial charge on any atom is -1.00 e. The normalized spacial score (nSPS) is 44.6. The zero-order chi connectivity index (χ0) is 26.1. The van der Waals surface area contributed by atoms with Crippen molar-refractivity contribution in [3.05, 3.63) is 35.9 Å². The third-order valence-corrected chi connectivity index (χ3v) is 10.9. The summed E-state index contributed by atoms with van der Waals surface area (Å²) in [5.74, 6) is -2.55. The molecule has 4 aliphatic carbocycles. The van der Waals surface area contributed by atoms with Crippen molar-refractivity contribution >= 4 is 17.5 Å². The molecule has 4 aliphatic rings. The van der Waals surface area contributed by atoms with E-state index >= 15 is 4.39 Å². The molecule has 0 heterocycles. The Labute approximate surface area is 241 Å². The number of carbonyl (C=O) groups excluding carboxylic acids is 3. The second kappa shape index (κ2) is 9.81. The van der Waals surface area contributed by atoms with Crippen LogP contribution in [0.4, 0.5) is 4.39 Å². The maximum absolute atomic E-state index is 17.5. The van der Waals surface area contributed by atoms with E-state index in [1.807, 2.05) is 20.8 Å². The van der Waals surface area contributed by atoms with Gasteiger partial charge in [-0.05, 0) is 62.0 Å². The quantitative estimate of drug-likeness (QED) is 0.453. The van der Waals surface area contributed by atoms with Crippen molar-refractivity contribution in [3.63, 3.8) is 0 Å². The van der Waals surface area contributed by atoms with Gasteiger partial charge in [0.15, 0.2) is 5.60 Å². The van der Waals surface area contributed by atoms with Gasteiger partial charge in [0.1, 0.15) is 18.1 Å². The Morgan fingerprint density at radius 3 is 2.46 bits per heavy atom. The summed E-state index contributed by atoms with van der Waals surface area (Å²) in [6, 6.07) is 8.39. The van der Waals surface area contributed by atoms with Gasteiger partial charge in [0.05, 0.1) is 11.7 Å². The van der Waals surface area contributed by atoms with E-state index in [0.717, 1.165) is 0 Å². The van der Waals surface area contributed by atoms with Crippen molar-refractivity contribution in [1.29, 1.82) is 0 Å². The summed E-state index contributed by atoms with van der Waals surface area (Å²) in [4.78, 5) is 39.0. The first-order valence-electron chi connectivity index (χ1n) is 13.3. The van der Waals surface area contributed by atoms with Crippen LogP contribution in [0.5, 0.6) is 0 Å². The van der Waals surface area contributed by atoms with Crippen molar-refractivity contribution < 1.29 is 64.7 Å². The van der Waals surface area contributed by atoms with Crippen molar-refractivity contribution in [1.82, 2.24) is 0 Å². The van der Waals surface area contributed by atoms with E-state index in [9.17, 15) is 24.6 Å². The number of aliphatic hydroxyl groups is 2. The number of benzene rings is 1. The Hall–Kier alpha value is -1.12. The molecule has 5 rings (SSSR count). The Morgan fingerprint density at radius 2 is 1.81 bits per heavy atom.